The number of ether oxygens (including phenoxy) is 1. The molecular weight excluding hydrogens is 350 g/mol. The fourth-order valence-corrected chi connectivity index (χ4v) is 4.62. The van der Waals surface area contributed by atoms with Crippen LogP contribution in [-0.2, 0) is 12.6 Å². The predicted molar refractivity (Wildman–Crippen MR) is 113 cm³/mol. The van der Waals surface area contributed by atoms with Crippen LogP contribution in [0.3, 0.4) is 0 Å². The predicted octanol–water partition coefficient (Wildman–Crippen LogP) is 2.91. The second-order valence-corrected chi connectivity index (χ2v) is 8.45. The standard InChI is InChI=1S/C23H31N3O2/c1-16-17(2)22(27)25(4)15-19(16)18-6-7-20(21(14-18)28-5)23(8-9-23)26-12-10-24(3)11-13-26/h6-7,14-15H,8-13H2,1-5H3. The van der Waals surface area contributed by atoms with E-state index in [4.69, 9.17) is 4.74 Å². The highest BCUT2D eigenvalue weighted by atomic mass is 16.5. The lowest BCUT2D eigenvalue weighted by molar-refractivity contribution is 0.0961. The van der Waals surface area contributed by atoms with Crippen LogP contribution in [0.25, 0.3) is 11.1 Å². The zero-order chi connectivity index (χ0) is 20.1. The van der Waals surface area contributed by atoms with Gasteiger partial charge in [-0.15, -0.1) is 0 Å². The van der Waals surface area contributed by atoms with Gasteiger partial charge < -0.3 is 14.2 Å². The molecule has 1 aliphatic carbocycles. The van der Waals surface area contributed by atoms with Crippen molar-refractivity contribution < 1.29 is 4.74 Å². The molecule has 0 bridgehead atoms. The van der Waals surface area contributed by atoms with Crippen molar-refractivity contribution >= 4 is 0 Å². The van der Waals surface area contributed by atoms with Crippen molar-refractivity contribution in [2.24, 2.45) is 7.05 Å². The Morgan fingerprint density at radius 1 is 1.00 bits per heavy atom. The summed E-state index contributed by atoms with van der Waals surface area (Å²) in [6.07, 6.45) is 4.33. The molecule has 0 atom stereocenters. The van der Waals surface area contributed by atoms with Crippen molar-refractivity contribution in [2.45, 2.75) is 32.2 Å². The summed E-state index contributed by atoms with van der Waals surface area (Å²) in [5.41, 5.74) is 5.55. The molecule has 2 aliphatic rings. The number of piperazine rings is 1. The molecule has 0 amide bonds. The first kappa shape index (κ1) is 19.2. The maximum absolute atomic E-state index is 12.2. The molecule has 5 nitrogen and oxygen atoms in total. The molecule has 0 radical (unpaired) electrons. The Labute approximate surface area is 167 Å². The molecule has 1 saturated carbocycles. The van der Waals surface area contributed by atoms with Crippen LogP contribution in [0.2, 0.25) is 0 Å². The smallest absolute Gasteiger partial charge is 0.253 e. The van der Waals surface area contributed by atoms with Gasteiger partial charge in [0.25, 0.3) is 5.56 Å². The molecule has 4 rings (SSSR count). The minimum Gasteiger partial charge on any atom is -0.496 e. The maximum Gasteiger partial charge on any atom is 0.253 e. The van der Waals surface area contributed by atoms with Crippen LogP contribution in [0.1, 0.15) is 29.5 Å². The number of aromatic nitrogens is 1. The molecule has 2 fully saturated rings. The van der Waals surface area contributed by atoms with Crippen LogP contribution in [0.5, 0.6) is 5.75 Å². The second kappa shape index (κ2) is 7.05. The molecule has 1 aromatic heterocycles. The van der Waals surface area contributed by atoms with E-state index in [9.17, 15) is 4.79 Å². The summed E-state index contributed by atoms with van der Waals surface area (Å²) in [6.45, 7) is 8.40. The first-order valence-electron chi connectivity index (χ1n) is 10.2. The summed E-state index contributed by atoms with van der Waals surface area (Å²) in [6, 6.07) is 6.59. The summed E-state index contributed by atoms with van der Waals surface area (Å²) in [5.74, 6) is 0.958. The number of aryl methyl sites for hydroxylation is 1. The molecule has 150 valence electrons. The Bertz CT molecular complexity index is 951. The second-order valence-electron chi connectivity index (χ2n) is 8.45. The van der Waals surface area contributed by atoms with E-state index in [-0.39, 0.29) is 11.1 Å². The summed E-state index contributed by atoms with van der Waals surface area (Å²) >= 11 is 0. The zero-order valence-electron chi connectivity index (χ0n) is 17.7. The fraction of sp³-hybridized carbons (Fsp3) is 0.522. The van der Waals surface area contributed by atoms with Gasteiger partial charge >= 0.3 is 0 Å². The summed E-state index contributed by atoms with van der Waals surface area (Å²) in [4.78, 5) is 17.3. The third-order valence-electron chi connectivity index (χ3n) is 6.78. The summed E-state index contributed by atoms with van der Waals surface area (Å²) in [7, 11) is 5.78. The molecule has 2 aromatic rings. The normalized spacial score (nSPS) is 19.6. The van der Waals surface area contributed by atoms with Crippen molar-refractivity contribution in [3.63, 3.8) is 0 Å². The number of hydrogen-bond donors (Lipinski definition) is 0. The number of likely N-dealkylation sites (N-methyl/N-ethyl adjacent to an activating group) is 1. The molecule has 0 spiro atoms. The first-order chi connectivity index (χ1) is 13.4. The molecule has 28 heavy (non-hydrogen) atoms. The highest BCUT2D eigenvalue weighted by Crippen LogP contribution is 2.54. The topological polar surface area (TPSA) is 37.7 Å². The number of nitrogens with zero attached hydrogens (tertiary/aromatic N) is 3. The van der Waals surface area contributed by atoms with Gasteiger partial charge in [0, 0.05) is 61.7 Å². The molecule has 1 saturated heterocycles. The Morgan fingerprint density at radius 3 is 2.29 bits per heavy atom. The average Bonchev–Trinajstić information content (AvgIpc) is 3.51. The Kier molecular flexibility index (Phi) is 4.84. The SMILES string of the molecule is COc1cc(-c2cn(C)c(=O)c(C)c2C)ccc1C1(N2CCN(C)CC2)CC1. The largest absolute Gasteiger partial charge is 0.496 e. The van der Waals surface area contributed by atoms with Crippen LogP contribution in [0.15, 0.2) is 29.2 Å². The van der Waals surface area contributed by atoms with Gasteiger partial charge in [-0.1, -0.05) is 12.1 Å². The van der Waals surface area contributed by atoms with Gasteiger partial charge in [-0.3, -0.25) is 9.69 Å². The molecule has 0 N–H and O–H groups in total. The van der Waals surface area contributed by atoms with E-state index in [1.807, 2.05) is 27.1 Å². The molecule has 1 aromatic carbocycles. The number of methoxy groups -OCH3 is 1. The number of benzene rings is 1. The van der Waals surface area contributed by atoms with E-state index in [0.29, 0.717) is 0 Å². The number of pyridine rings is 1. The van der Waals surface area contributed by atoms with Crippen LogP contribution in [0, 0.1) is 13.8 Å². The van der Waals surface area contributed by atoms with Crippen molar-refractivity contribution in [3.8, 4) is 16.9 Å². The van der Waals surface area contributed by atoms with E-state index in [1.54, 1.807) is 11.7 Å². The fourth-order valence-electron chi connectivity index (χ4n) is 4.62. The summed E-state index contributed by atoms with van der Waals surface area (Å²) < 4.78 is 7.54. The lowest BCUT2D eigenvalue weighted by Gasteiger charge is -2.39. The lowest BCUT2D eigenvalue weighted by atomic mass is 9.94. The van der Waals surface area contributed by atoms with E-state index in [2.05, 4.69) is 35.0 Å². The maximum atomic E-state index is 12.2. The monoisotopic (exact) mass is 381 g/mol. The third kappa shape index (κ3) is 3.07. The molecule has 2 heterocycles. The van der Waals surface area contributed by atoms with Crippen LogP contribution in [-0.4, -0.2) is 54.7 Å². The average molecular weight is 382 g/mol. The van der Waals surface area contributed by atoms with Crippen LogP contribution in [0.4, 0.5) is 0 Å². The molecule has 1 aliphatic heterocycles. The van der Waals surface area contributed by atoms with Gasteiger partial charge in [0.05, 0.1) is 7.11 Å². The quantitative estimate of drug-likeness (QED) is 0.816. The van der Waals surface area contributed by atoms with Crippen LogP contribution < -0.4 is 10.3 Å². The Morgan fingerprint density at radius 2 is 1.68 bits per heavy atom. The van der Waals surface area contributed by atoms with Gasteiger partial charge in [0.1, 0.15) is 5.75 Å². The van der Waals surface area contributed by atoms with Gasteiger partial charge in [0.15, 0.2) is 0 Å². The highest BCUT2D eigenvalue weighted by molar-refractivity contribution is 5.70. The van der Waals surface area contributed by atoms with Gasteiger partial charge in [-0.05, 0) is 50.9 Å². The van der Waals surface area contributed by atoms with E-state index < -0.39 is 0 Å². The van der Waals surface area contributed by atoms with Crippen molar-refractivity contribution in [2.75, 3.05) is 40.3 Å². The Hall–Kier alpha value is -2.11. The van der Waals surface area contributed by atoms with Crippen molar-refractivity contribution in [1.29, 1.82) is 0 Å². The van der Waals surface area contributed by atoms with Crippen molar-refractivity contribution in [3.05, 3.63) is 51.4 Å². The van der Waals surface area contributed by atoms with Crippen molar-refractivity contribution in [1.82, 2.24) is 14.4 Å². The van der Waals surface area contributed by atoms with Gasteiger partial charge in [0.2, 0.25) is 0 Å². The van der Waals surface area contributed by atoms with E-state index >= 15 is 0 Å². The van der Waals surface area contributed by atoms with Gasteiger partial charge in [-0.25, -0.2) is 0 Å². The highest BCUT2D eigenvalue weighted by Gasteiger charge is 2.51. The van der Waals surface area contributed by atoms with E-state index in [1.165, 1.54) is 18.4 Å². The van der Waals surface area contributed by atoms with Gasteiger partial charge in [-0.2, -0.15) is 0 Å². The third-order valence-corrected chi connectivity index (χ3v) is 6.78. The van der Waals surface area contributed by atoms with E-state index in [0.717, 1.165) is 54.2 Å². The number of rotatable bonds is 4. The minimum atomic E-state index is 0.0665. The Balaban J connectivity index is 1.73. The summed E-state index contributed by atoms with van der Waals surface area (Å²) in [5, 5.41) is 0. The molecule has 0 unspecified atom stereocenters. The van der Waals surface area contributed by atoms with Crippen LogP contribution >= 0.6 is 0 Å². The molecular formula is C23H31N3O2. The minimum absolute atomic E-state index is 0.0665. The molecule has 5 heteroatoms. The first-order valence-corrected chi connectivity index (χ1v) is 10.2. The number of hydrogen-bond acceptors (Lipinski definition) is 4. The lowest BCUT2D eigenvalue weighted by Crippen LogP contribution is -2.49. The zero-order valence-corrected chi connectivity index (χ0v) is 17.7.